The predicted molar refractivity (Wildman–Crippen MR) is 290 cm³/mol. The van der Waals surface area contributed by atoms with Crippen molar-refractivity contribution in [2.75, 3.05) is 32.4 Å². The molecule has 0 radical (unpaired) electrons. The molecule has 7 heterocycles. The number of ether oxygens (including phenoxy) is 6. The summed E-state index contributed by atoms with van der Waals surface area (Å²) in [5.74, 6) is 2.42. The Hall–Kier alpha value is -11.4. The lowest BCUT2D eigenvalue weighted by atomic mass is 10.2. The monoisotopic (exact) mass is 1100 g/mol. The molecule has 1 amide bonds. The third kappa shape index (κ3) is 17.3. The van der Waals surface area contributed by atoms with E-state index in [4.69, 9.17) is 43.7 Å². The molecule has 3 aromatic carbocycles. The molecule has 0 saturated carbocycles. The van der Waals surface area contributed by atoms with Crippen LogP contribution in [0.1, 0.15) is 37.8 Å². The highest BCUT2D eigenvalue weighted by Crippen LogP contribution is 2.30. The number of nitrogens with two attached hydrogens (primary N) is 1. The second kappa shape index (κ2) is 28.1. The maximum absolute atomic E-state index is 12.2. The Morgan fingerprint density at radius 3 is 1.49 bits per heavy atom. The lowest BCUT2D eigenvalue weighted by Crippen LogP contribution is -2.27. The molecule has 10 rings (SSSR count). The Balaban J connectivity index is 0.000000164. The van der Waals surface area contributed by atoms with Crippen LogP contribution in [0.25, 0.3) is 22.6 Å². The van der Waals surface area contributed by atoms with E-state index in [2.05, 4.69) is 25.3 Å². The second-order valence-corrected chi connectivity index (χ2v) is 16.6. The fourth-order valence-electron chi connectivity index (χ4n) is 6.72. The number of aromatic nitrogens is 7. The highest BCUT2D eigenvalue weighted by atomic mass is 16.5. The van der Waals surface area contributed by atoms with Crippen molar-refractivity contribution in [3.05, 3.63) is 227 Å². The maximum atomic E-state index is 12.2. The van der Waals surface area contributed by atoms with Crippen molar-refractivity contribution in [1.29, 1.82) is 0 Å². The van der Waals surface area contributed by atoms with Crippen LogP contribution in [0, 0.1) is 15.6 Å². The molecule has 24 nitrogen and oxygen atoms in total. The summed E-state index contributed by atoms with van der Waals surface area (Å²) in [6, 6.07) is 34.5. The summed E-state index contributed by atoms with van der Waals surface area (Å²) in [6.45, 7) is 0.861. The Morgan fingerprint density at radius 1 is 0.568 bits per heavy atom. The lowest BCUT2D eigenvalue weighted by molar-refractivity contribution is -0.605. The van der Waals surface area contributed by atoms with Crippen LogP contribution in [-0.4, -0.2) is 68.5 Å². The normalized spacial score (nSPS) is 10.3. The molecule has 0 aliphatic heterocycles. The van der Waals surface area contributed by atoms with Gasteiger partial charge in [-0.1, -0.05) is 0 Å². The molecule has 0 fully saturated rings. The van der Waals surface area contributed by atoms with Crippen LogP contribution in [0.4, 0.5) is 11.4 Å². The topological polar surface area (TPSA) is 334 Å². The van der Waals surface area contributed by atoms with Crippen LogP contribution in [0.3, 0.4) is 0 Å². The van der Waals surface area contributed by atoms with Gasteiger partial charge in [0.05, 0.1) is 68.4 Å². The quantitative estimate of drug-likeness (QED) is 0.0273. The maximum Gasteiger partial charge on any atom is 0.341 e. The van der Waals surface area contributed by atoms with Gasteiger partial charge in [-0.15, -0.1) is 0 Å². The van der Waals surface area contributed by atoms with Crippen molar-refractivity contribution < 1.29 is 71.9 Å². The molecule has 0 saturated heterocycles. The lowest BCUT2D eigenvalue weighted by Gasteiger charge is -2.11. The third-order valence-electron chi connectivity index (χ3n) is 10.9. The van der Waals surface area contributed by atoms with Gasteiger partial charge < -0.3 is 74.8 Å². The number of phenols is 2. The number of phenolic OH excluding ortho intramolecular Hbond substituents is 2. The standard InChI is InChI=1S/C19H17N3O5.C19H15N3O4.C13H14N2O3.C6H5NO3/c1-26-16-5-4-14(20-10-16)12-27-15-6-7-18(23)17(9-15)21-19(24)13-3-2-8-22(25)11-13;1-24-16-5-4-14(20-10-16)12-25-15-6-7-18-17(9-15)21-19(26-18)13-3-2-8-22(23)11-13;1-17-11-3-2-9(15-7-11)8-18-10-4-5-13(16)12(14)6-10;8-6(9)5-2-1-3-7(10)4-5/h2-11,23H,12H2,1H3,(H,21,24);2-11H,12H2,1H3;2-7,16H,8,14H2,1H3;1-4H,(H,8,9). The van der Waals surface area contributed by atoms with E-state index in [1.54, 1.807) is 101 Å². The Bertz CT molecular complexity index is 3680. The fraction of sp³-hybridized carbons (Fsp3) is 0.105. The number of oxazole rings is 1. The van der Waals surface area contributed by atoms with Crippen molar-refractivity contribution in [2.24, 2.45) is 0 Å². The van der Waals surface area contributed by atoms with E-state index in [0.717, 1.165) is 23.8 Å². The van der Waals surface area contributed by atoms with Gasteiger partial charge in [0.25, 0.3) is 5.91 Å². The first-order chi connectivity index (χ1) is 39.1. The molecule has 24 heteroatoms. The summed E-state index contributed by atoms with van der Waals surface area (Å²) >= 11 is 0. The first-order valence-corrected chi connectivity index (χ1v) is 23.9. The SMILES string of the molecule is COc1ccc(COc2ccc(O)c(N)c2)nc1.COc1ccc(COc2ccc(O)c(NC(=O)c3ccc[n+]([O-])c3)c2)nc1.COc1ccc(COc2ccc3oc(-c4ccc[n+]([O-])c4)nc3c2)nc1.O=C(O)c1ccc[n+]([O-])c1. The molecule has 81 heavy (non-hydrogen) atoms. The van der Waals surface area contributed by atoms with Gasteiger partial charge >= 0.3 is 5.97 Å². The number of pyridine rings is 6. The smallest absolute Gasteiger partial charge is 0.341 e. The third-order valence-corrected chi connectivity index (χ3v) is 10.9. The van der Waals surface area contributed by atoms with Crippen LogP contribution in [0.15, 0.2) is 188 Å². The molecule has 0 unspecified atom stereocenters. The zero-order chi connectivity index (χ0) is 57.7. The minimum Gasteiger partial charge on any atom is -0.619 e. The summed E-state index contributed by atoms with van der Waals surface area (Å²) in [5, 5.41) is 63.3. The van der Waals surface area contributed by atoms with E-state index >= 15 is 0 Å². The van der Waals surface area contributed by atoms with Crippen LogP contribution in [-0.2, 0) is 19.8 Å². The number of aromatic hydroxyl groups is 2. The second-order valence-electron chi connectivity index (χ2n) is 16.6. The van der Waals surface area contributed by atoms with E-state index in [1.807, 2.05) is 24.3 Å². The van der Waals surface area contributed by atoms with Gasteiger partial charge in [-0.25, -0.2) is 9.78 Å². The minimum atomic E-state index is -1.09. The summed E-state index contributed by atoms with van der Waals surface area (Å²) in [6.07, 6.45) is 12.3. The van der Waals surface area contributed by atoms with Gasteiger partial charge in [0.2, 0.25) is 5.89 Å². The number of nitrogens with zero attached hydrogens (tertiary/aromatic N) is 7. The summed E-state index contributed by atoms with van der Waals surface area (Å²) in [4.78, 5) is 39.5. The number of hydrogen-bond donors (Lipinski definition) is 5. The summed E-state index contributed by atoms with van der Waals surface area (Å²) < 4.78 is 39.5. The first kappa shape index (κ1) is 57.3. The number of nitrogens with one attached hydrogen (secondary N) is 1. The van der Waals surface area contributed by atoms with Gasteiger partial charge in [-0.2, -0.15) is 14.2 Å². The number of carboxylic acid groups (broad SMARTS) is 1. The van der Waals surface area contributed by atoms with E-state index in [-0.39, 0.29) is 40.6 Å². The van der Waals surface area contributed by atoms with E-state index in [1.165, 1.54) is 67.3 Å². The van der Waals surface area contributed by atoms with Crippen LogP contribution in [0.5, 0.6) is 46.0 Å². The van der Waals surface area contributed by atoms with Crippen LogP contribution >= 0.6 is 0 Å². The molecule has 0 aliphatic carbocycles. The number of carboxylic acids is 1. The molecule has 0 spiro atoms. The highest BCUT2D eigenvalue weighted by Gasteiger charge is 2.14. The van der Waals surface area contributed by atoms with Crippen molar-refractivity contribution in [3.8, 4) is 57.5 Å². The first-order valence-electron chi connectivity index (χ1n) is 23.9. The number of hydrogen-bond acceptors (Lipinski definition) is 19. The number of amides is 1. The molecule has 0 aliphatic rings. The van der Waals surface area contributed by atoms with Gasteiger partial charge in [-0.3, -0.25) is 19.7 Å². The summed E-state index contributed by atoms with van der Waals surface area (Å²) in [7, 11) is 4.75. The predicted octanol–water partition coefficient (Wildman–Crippen LogP) is 7.35. The highest BCUT2D eigenvalue weighted by molar-refractivity contribution is 6.04. The fourth-order valence-corrected chi connectivity index (χ4v) is 6.72. The number of methoxy groups -OCH3 is 3. The number of carbonyl (C=O) groups is 2. The van der Waals surface area contributed by atoms with Gasteiger partial charge in [0, 0.05) is 36.4 Å². The molecule has 10 aromatic rings. The van der Waals surface area contributed by atoms with E-state index < -0.39 is 11.9 Å². The van der Waals surface area contributed by atoms with Gasteiger partial charge in [0.15, 0.2) is 42.8 Å². The van der Waals surface area contributed by atoms with E-state index in [0.29, 0.717) is 90.1 Å². The van der Waals surface area contributed by atoms with Crippen LogP contribution < -0.4 is 53.7 Å². The number of rotatable bonds is 16. The average molecular weight is 1100 g/mol. The Labute approximate surface area is 461 Å². The molecule has 7 aromatic heterocycles. The number of nitrogen functional groups attached to an aromatic ring is 1. The largest absolute Gasteiger partial charge is 0.619 e. The zero-order valence-corrected chi connectivity index (χ0v) is 43.4. The van der Waals surface area contributed by atoms with Crippen LogP contribution in [0.2, 0.25) is 0 Å². The molecule has 414 valence electrons. The minimum absolute atomic E-state index is 0.00231. The average Bonchev–Trinajstić information content (AvgIpc) is 3.92. The number of fused-ring (bicyclic) bond motifs is 1. The number of benzene rings is 3. The zero-order valence-electron chi connectivity index (χ0n) is 43.4. The number of anilines is 2. The number of aromatic carboxylic acids is 1. The van der Waals surface area contributed by atoms with Gasteiger partial charge in [-0.05, 0) is 91.0 Å². The van der Waals surface area contributed by atoms with Gasteiger partial charge in [0.1, 0.15) is 88.0 Å². The van der Waals surface area contributed by atoms with E-state index in [9.17, 15) is 35.4 Å². The molecular formula is C57H51N9O15. The summed E-state index contributed by atoms with van der Waals surface area (Å²) in [5.41, 5.74) is 10.3. The van der Waals surface area contributed by atoms with Crippen molar-refractivity contribution in [3.63, 3.8) is 0 Å². The Kier molecular flexibility index (Phi) is 19.9. The molecule has 0 bridgehead atoms. The Morgan fingerprint density at radius 2 is 1.02 bits per heavy atom. The molecule has 0 atom stereocenters. The molecular weight excluding hydrogens is 1050 g/mol. The van der Waals surface area contributed by atoms with Crippen molar-refractivity contribution >= 4 is 34.4 Å². The number of carbonyl (C=O) groups excluding carboxylic acids is 1. The molecule has 6 N–H and O–H groups in total. The van der Waals surface area contributed by atoms with Crippen molar-refractivity contribution in [2.45, 2.75) is 19.8 Å². The van der Waals surface area contributed by atoms with Crippen molar-refractivity contribution in [1.82, 2.24) is 19.9 Å².